The highest BCUT2D eigenvalue weighted by atomic mass is 35.5. The molecule has 112 valence electrons. The number of halogens is 1. The average Bonchev–Trinajstić information content (AvgIpc) is 2.77. The third-order valence-electron chi connectivity index (χ3n) is 3.00. The van der Waals surface area contributed by atoms with E-state index < -0.39 is 0 Å². The van der Waals surface area contributed by atoms with E-state index in [-0.39, 0.29) is 11.2 Å². The van der Waals surface area contributed by atoms with Crippen molar-refractivity contribution in [2.45, 2.75) is 37.5 Å². The zero-order valence-corrected chi connectivity index (χ0v) is 13.7. The van der Waals surface area contributed by atoms with E-state index >= 15 is 0 Å². The average molecular weight is 325 g/mol. The number of oxazole rings is 1. The molecule has 0 aliphatic heterocycles. The highest BCUT2D eigenvalue weighted by molar-refractivity contribution is 8.00. The minimum atomic E-state index is -0.248. The number of nitrogens with one attached hydrogen (secondary N) is 1. The number of nitrogens with zero attached hydrogens (tertiary/aromatic N) is 1. The second kappa shape index (κ2) is 7.00. The summed E-state index contributed by atoms with van der Waals surface area (Å²) in [6.07, 6.45) is 0. The van der Waals surface area contributed by atoms with Crippen LogP contribution in [0, 0.1) is 13.8 Å². The molecule has 21 heavy (non-hydrogen) atoms. The van der Waals surface area contributed by atoms with Gasteiger partial charge in [0, 0.05) is 4.90 Å². The summed E-state index contributed by atoms with van der Waals surface area (Å²) in [5.74, 6) is 1.22. The van der Waals surface area contributed by atoms with Gasteiger partial charge >= 0.3 is 0 Å². The number of carbonyl (C=O) groups excluding carboxylic acids is 1. The van der Waals surface area contributed by atoms with Gasteiger partial charge in [-0.3, -0.25) is 4.79 Å². The van der Waals surface area contributed by atoms with Gasteiger partial charge in [-0.25, -0.2) is 4.98 Å². The van der Waals surface area contributed by atoms with Crippen LogP contribution in [-0.2, 0) is 11.3 Å². The fourth-order valence-corrected chi connectivity index (χ4v) is 2.88. The van der Waals surface area contributed by atoms with Crippen LogP contribution in [0.2, 0.25) is 5.02 Å². The molecule has 4 nitrogen and oxygen atoms in total. The van der Waals surface area contributed by atoms with Crippen molar-refractivity contribution in [2.24, 2.45) is 0 Å². The maximum Gasteiger partial charge on any atom is 0.233 e. The van der Waals surface area contributed by atoms with E-state index in [0.29, 0.717) is 17.5 Å². The molecular weight excluding hydrogens is 308 g/mol. The fraction of sp³-hybridized carbons (Fsp3) is 0.333. The molecule has 0 bridgehead atoms. The first-order valence-corrected chi connectivity index (χ1v) is 7.85. The van der Waals surface area contributed by atoms with Crippen molar-refractivity contribution in [1.82, 2.24) is 10.3 Å². The summed E-state index contributed by atoms with van der Waals surface area (Å²) < 4.78 is 5.43. The Labute approximate surface area is 133 Å². The predicted octanol–water partition coefficient (Wildman–Crippen LogP) is 3.74. The molecule has 2 rings (SSSR count). The minimum absolute atomic E-state index is 0.0755. The third kappa shape index (κ3) is 4.25. The van der Waals surface area contributed by atoms with Crippen LogP contribution in [0.1, 0.15) is 24.3 Å². The second-order valence-corrected chi connectivity index (χ2v) is 6.45. The largest absolute Gasteiger partial charge is 0.444 e. The molecule has 1 atom stereocenters. The van der Waals surface area contributed by atoms with E-state index in [4.69, 9.17) is 16.0 Å². The van der Waals surface area contributed by atoms with Crippen molar-refractivity contribution >= 4 is 29.3 Å². The molecule has 0 saturated carbocycles. The van der Waals surface area contributed by atoms with Crippen LogP contribution in [0.4, 0.5) is 0 Å². The maximum absolute atomic E-state index is 12.1. The van der Waals surface area contributed by atoms with Crippen LogP contribution >= 0.6 is 23.4 Å². The Kier molecular flexibility index (Phi) is 5.31. The number of amides is 1. The summed E-state index contributed by atoms with van der Waals surface area (Å²) >= 11 is 7.52. The Bertz CT molecular complexity index is 623. The zero-order valence-electron chi connectivity index (χ0n) is 12.1. The number of carbonyl (C=O) groups is 1. The Morgan fingerprint density at radius 3 is 2.76 bits per heavy atom. The van der Waals surface area contributed by atoms with Crippen molar-refractivity contribution in [3.8, 4) is 0 Å². The molecule has 0 fully saturated rings. The van der Waals surface area contributed by atoms with E-state index in [1.165, 1.54) is 11.8 Å². The van der Waals surface area contributed by atoms with Gasteiger partial charge in [-0.1, -0.05) is 23.7 Å². The van der Waals surface area contributed by atoms with Crippen molar-refractivity contribution < 1.29 is 9.21 Å². The van der Waals surface area contributed by atoms with Crippen molar-refractivity contribution in [2.75, 3.05) is 0 Å². The van der Waals surface area contributed by atoms with Crippen LogP contribution in [0.15, 0.2) is 33.6 Å². The number of hydrogen-bond donors (Lipinski definition) is 1. The van der Waals surface area contributed by atoms with Crippen LogP contribution < -0.4 is 5.32 Å². The van der Waals surface area contributed by atoms with Crippen LogP contribution in [0.3, 0.4) is 0 Å². The molecule has 2 aromatic rings. The van der Waals surface area contributed by atoms with Gasteiger partial charge in [0.1, 0.15) is 5.76 Å². The summed E-state index contributed by atoms with van der Waals surface area (Å²) in [6.45, 7) is 5.86. The van der Waals surface area contributed by atoms with E-state index in [1.54, 1.807) is 0 Å². The summed E-state index contributed by atoms with van der Waals surface area (Å²) in [5.41, 5.74) is 0.845. The first-order chi connectivity index (χ1) is 9.97. The van der Waals surface area contributed by atoms with Gasteiger partial charge in [0.15, 0.2) is 0 Å². The molecule has 0 spiro atoms. The highest BCUT2D eigenvalue weighted by Gasteiger charge is 2.16. The summed E-state index contributed by atoms with van der Waals surface area (Å²) in [6, 6.07) is 7.48. The Hall–Kier alpha value is -1.46. The molecule has 1 aromatic carbocycles. The molecule has 1 unspecified atom stereocenters. The number of hydrogen-bond acceptors (Lipinski definition) is 4. The third-order valence-corrected chi connectivity index (χ3v) is 4.62. The molecule has 1 aromatic heterocycles. The van der Waals surface area contributed by atoms with Gasteiger partial charge in [0.25, 0.3) is 0 Å². The lowest BCUT2D eigenvalue weighted by molar-refractivity contribution is -0.120. The number of thioether (sulfide) groups is 1. The fourth-order valence-electron chi connectivity index (χ4n) is 1.71. The Balaban J connectivity index is 1.89. The van der Waals surface area contributed by atoms with Crippen molar-refractivity contribution in [3.63, 3.8) is 0 Å². The molecular formula is C15H17ClN2O2S. The van der Waals surface area contributed by atoms with E-state index in [2.05, 4.69) is 10.3 Å². The molecule has 0 aliphatic rings. The summed E-state index contributed by atoms with van der Waals surface area (Å²) in [4.78, 5) is 17.2. The smallest absolute Gasteiger partial charge is 0.233 e. The number of aromatic nitrogens is 1. The predicted molar refractivity (Wildman–Crippen MR) is 84.6 cm³/mol. The van der Waals surface area contributed by atoms with E-state index in [0.717, 1.165) is 16.3 Å². The molecule has 1 N–H and O–H groups in total. The second-order valence-electron chi connectivity index (χ2n) is 4.66. The lowest BCUT2D eigenvalue weighted by Gasteiger charge is -2.11. The normalized spacial score (nSPS) is 12.2. The van der Waals surface area contributed by atoms with Gasteiger partial charge < -0.3 is 9.73 Å². The van der Waals surface area contributed by atoms with Gasteiger partial charge in [-0.15, -0.1) is 11.8 Å². The number of aryl methyl sites for hydroxylation is 2. The van der Waals surface area contributed by atoms with E-state index in [1.807, 2.05) is 45.0 Å². The monoisotopic (exact) mass is 324 g/mol. The van der Waals surface area contributed by atoms with Crippen molar-refractivity contribution in [3.05, 3.63) is 46.6 Å². The van der Waals surface area contributed by atoms with E-state index in [9.17, 15) is 4.79 Å². The topological polar surface area (TPSA) is 55.1 Å². The number of rotatable bonds is 5. The molecule has 1 amide bonds. The van der Waals surface area contributed by atoms with Gasteiger partial charge in [0.05, 0.1) is 22.5 Å². The minimum Gasteiger partial charge on any atom is -0.444 e. The molecule has 0 saturated heterocycles. The Morgan fingerprint density at radius 1 is 1.43 bits per heavy atom. The molecule has 0 aliphatic carbocycles. The SMILES string of the molecule is Cc1nc(CNC(=O)C(C)Sc2ccccc2Cl)oc1C. The standard InChI is InChI=1S/C15H17ClN2O2S/c1-9-10(2)20-14(18-9)8-17-15(19)11(3)21-13-7-5-4-6-12(13)16/h4-7,11H,8H2,1-3H3,(H,17,19). The summed E-state index contributed by atoms with van der Waals surface area (Å²) in [7, 11) is 0. The molecule has 0 radical (unpaired) electrons. The molecule has 1 heterocycles. The number of benzene rings is 1. The van der Waals surface area contributed by atoms with Gasteiger partial charge in [-0.05, 0) is 32.9 Å². The van der Waals surface area contributed by atoms with Gasteiger partial charge in [0.2, 0.25) is 11.8 Å². The quantitative estimate of drug-likeness (QED) is 0.851. The maximum atomic E-state index is 12.1. The van der Waals surface area contributed by atoms with Gasteiger partial charge in [-0.2, -0.15) is 0 Å². The Morgan fingerprint density at radius 2 is 2.14 bits per heavy atom. The van der Waals surface area contributed by atoms with Crippen LogP contribution in [0.5, 0.6) is 0 Å². The highest BCUT2D eigenvalue weighted by Crippen LogP contribution is 2.29. The van der Waals surface area contributed by atoms with Crippen LogP contribution in [0.25, 0.3) is 0 Å². The van der Waals surface area contributed by atoms with Crippen LogP contribution in [-0.4, -0.2) is 16.1 Å². The first-order valence-electron chi connectivity index (χ1n) is 6.59. The lowest BCUT2D eigenvalue weighted by Crippen LogP contribution is -2.30. The lowest BCUT2D eigenvalue weighted by atomic mass is 10.4. The van der Waals surface area contributed by atoms with Crippen molar-refractivity contribution in [1.29, 1.82) is 0 Å². The summed E-state index contributed by atoms with van der Waals surface area (Å²) in [5, 5.41) is 3.23. The first kappa shape index (κ1) is 15.9. The zero-order chi connectivity index (χ0) is 15.4. The molecule has 6 heteroatoms.